The van der Waals surface area contributed by atoms with Crippen molar-refractivity contribution in [3.05, 3.63) is 29.6 Å². The molecule has 0 bridgehead atoms. The number of ether oxygens (including phenoxy) is 1. The second kappa shape index (κ2) is 8.85. The quantitative estimate of drug-likeness (QED) is 0.603. The van der Waals surface area contributed by atoms with Gasteiger partial charge in [0.25, 0.3) is 6.47 Å². The number of hydrogen-bond acceptors (Lipinski definition) is 6. The van der Waals surface area contributed by atoms with Gasteiger partial charge in [-0.2, -0.15) is 0 Å². The molecule has 1 aliphatic heterocycles. The van der Waals surface area contributed by atoms with Crippen LogP contribution in [-0.4, -0.2) is 54.5 Å². The number of nitrogens with zero attached hydrogens (tertiary/aromatic N) is 2. The van der Waals surface area contributed by atoms with E-state index < -0.39 is 0 Å². The lowest BCUT2D eigenvalue weighted by Gasteiger charge is -2.31. The van der Waals surface area contributed by atoms with E-state index in [-0.39, 0.29) is 5.60 Å². The van der Waals surface area contributed by atoms with Crippen LogP contribution in [0.5, 0.6) is 0 Å². The van der Waals surface area contributed by atoms with Crippen LogP contribution in [-0.2, 0) is 9.53 Å². The molecule has 0 radical (unpaired) electrons. The number of benzene rings is 1. The summed E-state index contributed by atoms with van der Waals surface area (Å²) in [5.74, 6) is 0. The Balaban J connectivity index is 0.000000256. The molecule has 2 aromatic rings. The Bertz CT molecular complexity index is 644. The number of carbonyl (C=O) groups is 1. The zero-order chi connectivity index (χ0) is 17.6. The number of hydrogen-bond donors (Lipinski definition) is 0. The first-order valence-electron chi connectivity index (χ1n) is 8.08. The minimum Gasteiger partial charge on any atom is -0.462 e. The Morgan fingerprint density at radius 2 is 1.83 bits per heavy atom. The van der Waals surface area contributed by atoms with Crippen LogP contribution in [0, 0.1) is 0 Å². The Morgan fingerprint density at radius 1 is 1.17 bits per heavy atom. The van der Waals surface area contributed by atoms with Gasteiger partial charge in [-0.15, -0.1) is 11.3 Å². The van der Waals surface area contributed by atoms with Gasteiger partial charge >= 0.3 is 0 Å². The van der Waals surface area contributed by atoms with E-state index in [1.54, 1.807) is 0 Å². The van der Waals surface area contributed by atoms with Gasteiger partial charge in [-0.25, -0.2) is 4.31 Å². The van der Waals surface area contributed by atoms with Gasteiger partial charge in [-0.3, -0.25) is 4.79 Å². The summed E-state index contributed by atoms with van der Waals surface area (Å²) in [7, 11) is 2.20. The van der Waals surface area contributed by atoms with Crippen molar-refractivity contribution < 1.29 is 9.53 Å². The smallest absolute Gasteiger partial charge is 0.293 e. The van der Waals surface area contributed by atoms with E-state index >= 15 is 0 Å². The molecule has 1 saturated heterocycles. The molecule has 1 fully saturated rings. The van der Waals surface area contributed by atoms with E-state index in [1.165, 1.54) is 28.1 Å². The van der Waals surface area contributed by atoms with Crippen molar-refractivity contribution in [3.63, 3.8) is 0 Å². The van der Waals surface area contributed by atoms with Gasteiger partial charge < -0.3 is 9.64 Å². The highest BCUT2D eigenvalue weighted by Gasteiger charge is 2.16. The second-order valence-corrected chi connectivity index (χ2v) is 8.80. The van der Waals surface area contributed by atoms with Crippen LogP contribution in [0.15, 0.2) is 34.5 Å². The van der Waals surface area contributed by atoms with E-state index in [0.29, 0.717) is 6.47 Å². The van der Waals surface area contributed by atoms with E-state index in [4.69, 9.17) is 0 Å². The van der Waals surface area contributed by atoms with Gasteiger partial charge in [0.05, 0.1) is 0 Å². The number of thiophene rings is 1. The van der Waals surface area contributed by atoms with Crippen molar-refractivity contribution in [2.45, 2.75) is 31.3 Å². The fourth-order valence-electron chi connectivity index (χ4n) is 2.19. The maximum absolute atomic E-state index is 9.60. The Labute approximate surface area is 152 Å². The van der Waals surface area contributed by atoms with Gasteiger partial charge in [-0.1, -0.05) is 18.2 Å². The molecule has 1 aromatic carbocycles. The molecule has 1 aliphatic rings. The molecular weight excluding hydrogens is 340 g/mol. The van der Waals surface area contributed by atoms with Gasteiger partial charge in [0.15, 0.2) is 0 Å². The lowest BCUT2D eigenvalue weighted by atomic mass is 10.2. The molecule has 0 aliphatic carbocycles. The van der Waals surface area contributed by atoms with Gasteiger partial charge in [0.2, 0.25) is 0 Å². The summed E-state index contributed by atoms with van der Waals surface area (Å²) < 4.78 is 8.42. The third kappa shape index (κ3) is 6.09. The molecule has 132 valence electrons. The van der Waals surface area contributed by atoms with Crippen LogP contribution in [0.3, 0.4) is 0 Å². The molecule has 0 unspecified atom stereocenters. The molecule has 0 saturated carbocycles. The van der Waals surface area contributed by atoms with Gasteiger partial charge in [-0.05, 0) is 45.8 Å². The first-order chi connectivity index (χ1) is 11.4. The number of fused-ring (bicyclic) bond motifs is 1. The van der Waals surface area contributed by atoms with Crippen molar-refractivity contribution in [2.75, 3.05) is 33.2 Å². The standard InChI is InChI=1S/C13H16N2S2.C5H10O2/c1-14-6-8-15(9-7-14)17-13-10-16-12-5-3-2-4-11(12)13;1-5(2,3)7-4-6/h2-5,10H,6-9H2,1H3;4H,1-3H3. The van der Waals surface area contributed by atoms with E-state index in [1.807, 2.05) is 44.1 Å². The zero-order valence-electron chi connectivity index (χ0n) is 14.8. The monoisotopic (exact) mass is 366 g/mol. The number of piperazine rings is 1. The molecule has 0 amide bonds. The highest BCUT2D eigenvalue weighted by Crippen LogP contribution is 2.35. The summed E-state index contributed by atoms with van der Waals surface area (Å²) in [6, 6.07) is 8.67. The lowest BCUT2D eigenvalue weighted by Crippen LogP contribution is -2.40. The molecule has 0 spiro atoms. The summed E-state index contributed by atoms with van der Waals surface area (Å²) >= 11 is 3.76. The number of carbonyl (C=O) groups excluding carboxylic acids is 1. The normalized spacial score (nSPS) is 16.5. The maximum atomic E-state index is 9.60. The van der Waals surface area contributed by atoms with E-state index in [9.17, 15) is 4.79 Å². The van der Waals surface area contributed by atoms with Gasteiger partial charge in [0, 0.05) is 46.5 Å². The average molecular weight is 367 g/mol. The fraction of sp³-hybridized carbons (Fsp3) is 0.500. The Hall–Kier alpha value is -1.08. The first kappa shape index (κ1) is 19.2. The molecule has 0 N–H and O–H groups in total. The minimum absolute atomic E-state index is 0.318. The average Bonchev–Trinajstić information content (AvgIpc) is 2.92. The molecule has 0 atom stereocenters. The van der Waals surface area contributed by atoms with Crippen molar-refractivity contribution >= 4 is 39.8 Å². The zero-order valence-corrected chi connectivity index (χ0v) is 16.5. The van der Waals surface area contributed by atoms with Crippen LogP contribution in [0.4, 0.5) is 0 Å². The summed E-state index contributed by atoms with van der Waals surface area (Å²) in [6.45, 7) is 10.6. The minimum atomic E-state index is -0.318. The summed E-state index contributed by atoms with van der Waals surface area (Å²) in [4.78, 5) is 13.4. The third-order valence-electron chi connectivity index (χ3n) is 3.54. The van der Waals surface area contributed by atoms with Crippen molar-refractivity contribution in [1.82, 2.24) is 9.21 Å². The molecule has 24 heavy (non-hydrogen) atoms. The van der Waals surface area contributed by atoms with Crippen LogP contribution >= 0.6 is 23.3 Å². The molecule has 3 rings (SSSR count). The largest absolute Gasteiger partial charge is 0.462 e. The van der Waals surface area contributed by atoms with E-state index in [2.05, 4.69) is 50.6 Å². The maximum Gasteiger partial charge on any atom is 0.293 e. The highest BCUT2D eigenvalue weighted by atomic mass is 32.2. The predicted molar refractivity (Wildman–Crippen MR) is 104 cm³/mol. The van der Waals surface area contributed by atoms with Crippen molar-refractivity contribution in [2.24, 2.45) is 0 Å². The molecule has 4 nitrogen and oxygen atoms in total. The number of likely N-dealkylation sites (N-methyl/N-ethyl adjacent to an activating group) is 1. The molecule has 6 heteroatoms. The van der Waals surface area contributed by atoms with Crippen LogP contribution in [0.1, 0.15) is 20.8 Å². The third-order valence-corrected chi connectivity index (χ3v) is 5.81. The fourth-order valence-corrected chi connectivity index (χ4v) is 4.29. The summed E-state index contributed by atoms with van der Waals surface area (Å²) in [6.07, 6.45) is 0. The highest BCUT2D eigenvalue weighted by molar-refractivity contribution is 7.97. The van der Waals surface area contributed by atoms with Gasteiger partial charge in [0.1, 0.15) is 5.60 Å². The van der Waals surface area contributed by atoms with Crippen LogP contribution < -0.4 is 0 Å². The first-order valence-corrected chi connectivity index (χ1v) is 9.73. The molecule has 1 aromatic heterocycles. The van der Waals surface area contributed by atoms with Crippen LogP contribution in [0.2, 0.25) is 0 Å². The van der Waals surface area contributed by atoms with Crippen molar-refractivity contribution in [3.8, 4) is 0 Å². The Kier molecular flexibility index (Phi) is 7.10. The van der Waals surface area contributed by atoms with E-state index in [0.717, 1.165) is 13.1 Å². The lowest BCUT2D eigenvalue weighted by molar-refractivity contribution is -0.138. The summed E-state index contributed by atoms with van der Waals surface area (Å²) in [5, 5.41) is 3.69. The molecular formula is C18H26N2O2S2. The van der Waals surface area contributed by atoms with Crippen LogP contribution in [0.25, 0.3) is 10.1 Å². The Morgan fingerprint density at radius 3 is 2.42 bits per heavy atom. The SMILES string of the molecule is CC(C)(C)OC=O.CN1CCN(Sc2csc3ccccc23)CC1. The summed E-state index contributed by atoms with van der Waals surface area (Å²) in [5.41, 5.74) is -0.318. The number of rotatable bonds is 3. The second-order valence-electron chi connectivity index (χ2n) is 6.75. The molecule has 2 heterocycles. The topological polar surface area (TPSA) is 32.8 Å². The van der Waals surface area contributed by atoms with Crippen molar-refractivity contribution in [1.29, 1.82) is 0 Å². The predicted octanol–water partition coefficient (Wildman–Crippen LogP) is 4.11.